The van der Waals surface area contributed by atoms with Crippen LogP contribution in [0.5, 0.6) is 0 Å². The van der Waals surface area contributed by atoms with Gasteiger partial charge < -0.3 is 10.3 Å². The summed E-state index contributed by atoms with van der Waals surface area (Å²) < 4.78 is 29.0. The molecule has 0 aromatic carbocycles. The van der Waals surface area contributed by atoms with Gasteiger partial charge >= 0.3 is 0 Å². The predicted molar refractivity (Wildman–Crippen MR) is 77.7 cm³/mol. The Bertz CT molecular complexity index is 600. The van der Waals surface area contributed by atoms with Crippen LogP contribution in [0.3, 0.4) is 0 Å². The van der Waals surface area contributed by atoms with Crippen LogP contribution in [-0.4, -0.2) is 30.4 Å². The second-order valence-corrected chi connectivity index (χ2v) is 8.11. The highest BCUT2D eigenvalue weighted by molar-refractivity contribution is 7.89. The minimum absolute atomic E-state index is 0.0746. The molecule has 2 aliphatic rings. The molecule has 3 rings (SSSR count). The molecule has 6 heteroatoms. The van der Waals surface area contributed by atoms with Crippen LogP contribution in [0, 0.1) is 5.92 Å². The van der Waals surface area contributed by atoms with Gasteiger partial charge in [0.15, 0.2) is 0 Å². The highest BCUT2D eigenvalue weighted by atomic mass is 32.2. The third-order valence-electron chi connectivity index (χ3n) is 4.61. The zero-order valence-corrected chi connectivity index (χ0v) is 12.9. The number of aromatic nitrogens is 1. The first-order chi connectivity index (χ1) is 9.45. The molecule has 2 N–H and O–H groups in total. The van der Waals surface area contributed by atoms with E-state index in [0.29, 0.717) is 23.4 Å². The smallest absolute Gasteiger partial charge is 0.244 e. The van der Waals surface area contributed by atoms with E-state index in [1.165, 1.54) is 4.31 Å². The quantitative estimate of drug-likeness (QED) is 0.869. The van der Waals surface area contributed by atoms with Crippen LogP contribution in [0.15, 0.2) is 17.2 Å². The molecule has 1 aromatic rings. The molecule has 1 heterocycles. The second kappa shape index (κ2) is 4.86. The molecule has 0 radical (unpaired) electrons. The van der Waals surface area contributed by atoms with Crippen molar-refractivity contribution in [1.82, 2.24) is 8.87 Å². The molecular formula is C14H23N3O2S. The lowest BCUT2D eigenvalue weighted by Gasteiger charge is -2.23. The fourth-order valence-corrected chi connectivity index (χ4v) is 4.23. The van der Waals surface area contributed by atoms with Crippen LogP contribution in [-0.2, 0) is 16.6 Å². The maximum Gasteiger partial charge on any atom is 0.244 e. The van der Waals surface area contributed by atoms with E-state index in [4.69, 9.17) is 5.73 Å². The summed E-state index contributed by atoms with van der Waals surface area (Å²) in [6.07, 6.45) is 6.28. The maximum absolute atomic E-state index is 12.7. The van der Waals surface area contributed by atoms with Crippen LogP contribution in [0.1, 0.15) is 44.3 Å². The van der Waals surface area contributed by atoms with Gasteiger partial charge in [0.05, 0.1) is 0 Å². The first kappa shape index (κ1) is 14.1. The topological polar surface area (TPSA) is 68.3 Å². The molecule has 5 nitrogen and oxygen atoms in total. The van der Waals surface area contributed by atoms with E-state index in [-0.39, 0.29) is 6.04 Å². The molecule has 0 spiro atoms. The molecule has 2 saturated carbocycles. The Balaban J connectivity index is 1.90. The van der Waals surface area contributed by atoms with Gasteiger partial charge in [-0.2, -0.15) is 4.31 Å². The van der Waals surface area contributed by atoms with Crippen molar-refractivity contribution >= 4 is 10.0 Å². The molecule has 0 amide bonds. The molecule has 0 aliphatic heterocycles. The Morgan fingerprint density at radius 1 is 1.40 bits per heavy atom. The molecule has 112 valence electrons. The fraction of sp³-hybridized carbons (Fsp3) is 0.714. The zero-order chi connectivity index (χ0) is 14.5. The number of hydrogen-bond donors (Lipinski definition) is 1. The lowest BCUT2D eigenvalue weighted by Crippen LogP contribution is -2.36. The normalized spacial score (nSPS) is 21.4. The summed E-state index contributed by atoms with van der Waals surface area (Å²) in [4.78, 5) is 0.389. The van der Waals surface area contributed by atoms with Crippen LogP contribution in [0.25, 0.3) is 0 Å². The van der Waals surface area contributed by atoms with Gasteiger partial charge in [0.2, 0.25) is 10.0 Å². The first-order valence-electron chi connectivity index (χ1n) is 7.34. The zero-order valence-electron chi connectivity index (χ0n) is 12.1. The predicted octanol–water partition coefficient (Wildman–Crippen LogP) is 1.70. The van der Waals surface area contributed by atoms with Gasteiger partial charge in [0.1, 0.15) is 4.90 Å². The highest BCUT2D eigenvalue weighted by Crippen LogP contribution is 2.39. The number of rotatable bonds is 6. The summed E-state index contributed by atoms with van der Waals surface area (Å²) >= 11 is 0. The van der Waals surface area contributed by atoms with Crippen molar-refractivity contribution in [2.45, 2.75) is 56.1 Å². The van der Waals surface area contributed by atoms with Crippen molar-refractivity contribution < 1.29 is 8.42 Å². The fourth-order valence-electron chi connectivity index (χ4n) is 2.75. The van der Waals surface area contributed by atoms with Gasteiger partial charge in [-0.25, -0.2) is 8.42 Å². The van der Waals surface area contributed by atoms with E-state index in [9.17, 15) is 8.42 Å². The molecule has 2 fully saturated rings. The van der Waals surface area contributed by atoms with Gasteiger partial charge in [-0.1, -0.05) is 0 Å². The molecule has 0 bridgehead atoms. The van der Waals surface area contributed by atoms with Crippen LogP contribution >= 0.6 is 0 Å². The van der Waals surface area contributed by atoms with Gasteiger partial charge in [-0.3, -0.25) is 0 Å². The van der Waals surface area contributed by atoms with Crippen molar-refractivity contribution in [2.75, 3.05) is 7.05 Å². The molecule has 1 unspecified atom stereocenters. The Labute approximate surface area is 120 Å². The van der Waals surface area contributed by atoms with Gasteiger partial charge in [-0.05, 0) is 44.6 Å². The lowest BCUT2D eigenvalue weighted by molar-refractivity contribution is 0.357. The van der Waals surface area contributed by atoms with E-state index in [1.807, 2.05) is 11.5 Å². The summed E-state index contributed by atoms with van der Waals surface area (Å²) in [5.41, 5.74) is 6.65. The van der Waals surface area contributed by atoms with Crippen LogP contribution in [0.4, 0.5) is 0 Å². The van der Waals surface area contributed by atoms with Crippen molar-refractivity contribution in [3.05, 3.63) is 18.0 Å². The Hall–Kier alpha value is -0.850. The summed E-state index contributed by atoms with van der Waals surface area (Å²) in [6.45, 7) is 2.38. The van der Waals surface area contributed by atoms with Crippen LogP contribution in [0.2, 0.25) is 0 Å². The van der Waals surface area contributed by atoms with Gasteiger partial charge in [-0.15, -0.1) is 0 Å². The Morgan fingerprint density at radius 3 is 2.55 bits per heavy atom. The average Bonchev–Trinajstić information content (AvgIpc) is 3.33. The van der Waals surface area contributed by atoms with Crippen LogP contribution < -0.4 is 5.73 Å². The van der Waals surface area contributed by atoms with Crippen molar-refractivity contribution in [2.24, 2.45) is 11.7 Å². The van der Waals surface area contributed by atoms with Crippen molar-refractivity contribution in [1.29, 1.82) is 0 Å². The number of nitrogens with zero attached hydrogens (tertiary/aromatic N) is 2. The standard InChI is InChI=1S/C14H23N3O2S/c1-10(11-3-4-11)16(2)20(18,19)14-7-13(8-15)17(9-14)12-5-6-12/h7,9-12H,3-6,8,15H2,1-2H3. The van der Waals surface area contributed by atoms with Gasteiger partial charge in [0.25, 0.3) is 0 Å². The Kier molecular flexibility index (Phi) is 3.43. The second-order valence-electron chi connectivity index (χ2n) is 6.11. The SMILES string of the molecule is CC(C1CC1)N(C)S(=O)(=O)c1cc(CN)n(C2CC2)c1. The molecular weight excluding hydrogens is 274 g/mol. The van der Waals surface area contributed by atoms with Crippen molar-refractivity contribution in [3.63, 3.8) is 0 Å². The third kappa shape index (κ3) is 2.40. The molecule has 1 atom stereocenters. The lowest BCUT2D eigenvalue weighted by atomic mass is 10.2. The number of sulfonamides is 1. The van der Waals surface area contributed by atoms with Gasteiger partial charge in [0, 0.05) is 37.6 Å². The van der Waals surface area contributed by atoms with E-state index < -0.39 is 10.0 Å². The maximum atomic E-state index is 12.7. The third-order valence-corrected chi connectivity index (χ3v) is 6.52. The summed E-state index contributed by atoms with van der Waals surface area (Å²) in [5, 5.41) is 0. The number of hydrogen-bond acceptors (Lipinski definition) is 3. The monoisotopic (exact) mass is 297 g/mol. The summed E-state index contributed by atoms with van der Waals surface area (Å²) in [7, 11) is -1.71. The highest BCUT2D eigenvalue weighted by Gasteiger charge is 2.37. The minimum Gasteiger partial charge on any atom is -0.346 e. The number of nitrogens with two attached hydrogens (primary N) is 1. The molecule has 1 aromatic heterocycles. The van der Waals surface area contributed by atoms with E-state index >= 15 is 0 Å². The molecule has 20 heavy (non-hydrogen) atoms. The largest absolute Gasteiger partial charge is 0.346 e. The average molecular weight is 297 g/mol. The first-order valence-corrected chi connectivity index (χ1v) is 8.78. The van der Waals surface area contributed by atoms with Crippen molar-refractivity contribution in [3.8, 4) is 0 Å². The van der Waals surface area contributed by atoms with E-state index in [2.05, 4.69) is 0 Å². The molecule has 0 saturated heterocycles. The van der Waals surface area contributed by atoms with E-state index in [0.717, 1.165) is 31.4 Å². The molecule has 2 aliphatic carbocycles. The Morgan fingerprint density at radius 2 is 2.05 bits per heavy atom. The summed E-state index contributed by atoms with van der Waals surface area (Å²) in [6, 6.07) is 2.26. The van der Waals surface area contributed by atoms with E-state index in [1.54, 1.807) is 19.3 Å². The minimum atomic E-state index is -3.40. The summed E-state index contributed by atoms with van der Waals surface area (Å²) in [5.74, 6) is 0.522.